The second-order valence-corrected chi connectivity index (χ2v) is 9.64. The van der Waals surface area contributed by atoms with Gasteiger partial charge >= 0.3 is 0 Å². The molecule has 5 rings (SSSR count). The Morgan fingerprint density at radius 2 is 2.17 bits per heavy atom. The summed E-state index contributed by atoms with van der Waals surface area (Å²) >= 11 is 8.12. The number of halogens is 1. The Bertz CT molecular complexity index is 1110. The molecule has 2 aromatic heterocycles. The van der Waals surface area contributed by atoms with Gasteiger partial charge in [-0.15, -0.1) is 11.3 Å². The second kappa shape index (κ2) is 7.84. The summed E-state index contributed by atoms with van der Waals surface area (Å²) in [5.74, 6) is 0.857. The van der Waals surface area contributed by atoms with E-state index >= 15 is 0 Å². The Morgan fingerprint density at radius 3 is 3.00 bits per heavy atom. The first-order valence-electron chi connectivity index (χ1n) is 10.3. The highest BCUT2D eigenvalue weighted by atomic mass is 35.5. The highest BCUT2D eigenvalue weighted by molar-refractivity contribution is 7.17. The van der Waals surface area contributed by atoms with Crippen LogP contribution in [0.15, 0.2) is 35.8 Å². The Hall–Kier alpha value is -2.15. The minimum Gasteiger partial charge on any atom is -0.479 e. The molecule has 0 radical (unpaired) electrons. The average Bonchev–Trinajstić information content (AvgIpc) is 3.39. The zero-order chi connectivity index (χ0) is 20.8. The predicted molar refractivity (Wildman–Crippen MR) is 121 cm³/mol. The van der Waals surface area contributed by atoms with Gasteiger partial charge in [-0.05, 0) is 56.6 Å². The Labute approximate surface area is 185 Å². The third-order valence-corrected chi connectivity index (χ3v) is 7.30. The van der Waals surface area contributed by atoms with Crippen LogP contribution >= 0.6 is 22.9 Å². The monoisotopic (exact) mass is 441 g/mol. The van der Waals surface area contributed by atoms with E-state index in [4.69, 9.17) is 16.3 Å². The minimum absolute atomic E-state index is 0.0795. The van der Waals surface area contributed by atoms with Gasteiger partial charge in [0.2, 0.25) is 0 Å². The SMILES string of the molecule is CN(C)C1CCCN(C(=O)[C@H]2Cc3cc(Cl)cc(-c4ccnc5ccsc45)c3O2)C1. The molecular formula is C23H24ClN3O2S. The third-order valence-electron chi connectivity index (χ3n) is 6.14. The predicted octanol–water partition coefficient (Wildman–Crippen LogP) is 4.47. The maximum atomic E-state index is 13.3. The Kier molecular flexibility index (Phi) is 5.17. The summed E-state index contributed by atoms with van der Waals surface area (Å²) < 4.78 is 7.41. The van der Waals surface area contributed by atoms with E-state index in [1.54, 1.807) is 11.3 Å². The zero-order valence-corrected chi connectivity index (χ0v) is 18.7. The number of hydrogen-bond acceptors (Lipinski definition) is 5. The maximum Gasteiger partial charge on any atom is 0.264 e. The highest BCUT2D eigenvalue weighted by Gasteiger charge is 2.36. The lowest BCUT2D eigenvalue weighted by Crippen LogP contribution is -2.51. The number of carbonyl (C=O) groups excluding carboxylic acids is 1. The molecular weight excluding hydrogens is 418 g/mol. The Morgan fingerprint density at radius 1 is 1.30 bits per heavy atom. The minimum atomic E-state index is -0.487. The quantitative estimate of drug-likeness (QED) is 0.601. The fraction of sp³-hybridized carbons (Fsp3) is 0.391. The summed E-state index contributed by atoms with van der Waals surface area (Å²) in [7, 11) is 4.16. The summed E-state index contributed by atoms with van der Waals surface area (Å²) in [6.07, 6.45) is 4.03. The van der Waals surface area contributed by atoms with E-state index in [9.17, 15) is 4.79 Å². The van der Waals surface area contributed by atoms with Crippen LogP contribution in [0.25, 0.3) is 21.3 Å². The molecule has 5 nitrogen and oxygen atoms in total. The normalized spacial score (nSPS) is 21.1. The Balaban J connectivity index is 1.46. The molecule has 1 fully saturated rings. The highest BCUT2D eigenvalue weighted by Crippen LogP contribution is 2.44. The number of likely N-dealkylation sites (N-methyl/N-ethyl adjacent to an activating group) is 1. The summed E-state index contributed by atoms with van der Waals surface area (Å²) in [4.78, 5) is 21.9. The lowest BCUT2D eigenvalue weighted by Gasteiger charge is -2.37. The molecule has 4 heterocycles. The third kappa shape index (κ3) is 3.47. The molecule has 0 N–H and O–H groups in total. The smallest absolute Gasteiger partial charge is 0.264 e. The fourth-order valence-corrected chi connectivity index (χ4v) is 5.65. The number of piperidine rings is 1. The number of fused-ring (bicyclic) bond motifs is 2. The van der Waals surface area contributed by atoms with Crippen LogP contribution in [-0.2, 0) is 11.2 Å². The van der Waals surface area contributed by atoms with Crippen molar-refractivity contribution >= 4 is 39.1 Å². The number of nitrogens with zero attached hydrogens (tertiary/aromatic N) is 3. The van der Waals surface area contributed by atoms with Crippen LogP contribution in [-0.4, -0.2) is 60.0 Å². The van der Waals surface area contributed by atoms with E-state index in [1.165, 1.54) is 0 Å². The molecule has 7 heteroatoms. The van der Waals surface area contributed by atoms with Crippen LogP contribution in [0.2, 0.25) is 5.02 Å². The van der Waals surface area contributed by atoms with Crippen LogP contribution in [0.5, 0.6) is 5.75 Å². The van der Waals surface area contributed by atoms with Crippen LogP contribution in [0, 0.1) is 0 Å². The maximum absolute atomic E-state index is 13.3. The van der Waals surface area contributed by atoms with E-state index in [0.29, 0.717) is 17.5 Å². The van der Waals surface area contributed by atoms with E-state index in [-0.39, 0.29) is 5.91 Å². The number of pyridine rings is 1. The molecule has 0 aliphatic carbocycles. The van der Waals surface area contributed by atoms with Crippen molar-refractivity contribution in [1.82, 2.24) is 14.8 Å². The van der Waals surface area contributed by atoms with Crippen LogP contribution < -0.4 is 4.74 Å². The van der Waals surface area contributed by atoms with Crippen LogP contribution in [0.1, 0.15) is 18.4 Å². The number of carbonyl (C=O) groups is 1. The first-order chi connectivity index (χ1) is 14.5. The molecule has 1 aromatic carbocycles. The largest absolute Gasteiger partial charge is 0.479 e. The van der Waals surface area contributed by atoms with Crippen molar-refractivity contribution in [3.63, 3.8) is 0 Å². The molecule has 2 atom stereocenters. The van der Waals surface area contributed by atoms with Crippen molar-refractivity contribution in [2.45, 2.75) is 31.4 Å². The van der Waals surface area contributed by atoms with Gasteiger partial charge in [0.1, 0.15) is 5.75 Å². The van der Waals surface area contributed by atoms with E-state index in [2.05, 4.69) is 24.0 Å². The fourth-order valence-electron chi connectivity index (χ4n) is 4.53. The lowest BCUT2D eigenvalue weighted by atomic mass is 10.00. The molecule has 3 aromatic rings. The van der Waals surface area contributed by atoms with Gasteiger partial charge in [-0.25, -0.2) is 0 Å². The summed E-state index contributed by atoms with van der Waals surface area (Å²) in [5, 5.41) is 2.70. The molecule has 0 saturated carbocycles. The van der Waals surface area contributed by atoms with Gasteiger partial charge < -0.3 is 14.5 Å². The van der Waals surface area contributed by atoms with Crippen LogP contribution in [0.4, 0.5) is 0 Å². The van der Waals surface area contributed by atoms with Gasteiger partial charge in [0.25, 0.3) is 5.91 Å². The summed E-state index contributed by atoms with van der Waals surface area (Å²) in [6.45, 7) is 1.56. The number of amides is 1. The molecule has 30 heavy (non-hydrogen) atoms. The number of aromatic nitrogens is 1. The zero-order valence-electron chi connectivity index (χ0n) is 17.1. The summed E-state index contributed by atoms with van der Waals surface area (Å²) in [5.41, 5.74) is 3.94. The molecule has 1 saturated heterocycles. The number of rotatable bonds is 3. The molecule has 0 bridgehead atoms. The van der Waals surface area contributed by atoms with Crippen molar-refractivity contribution < 1.29 is 9.53 Å². The van der Waals surface area contributed by atoms with Crippen molar-refractivity contribution in [2.75, 3.05) is 27.2 Å². The molecule has 156 valence electrons. The number of hydrogen-bond donors (Lipinski definition) is 0. The van der Waals surface area contributed by atoms with E-state index in [1.807, 2.05) is 40.7 Å². The number of thiophene rings is 1. The van der Waals surface area contributed by atoms with Gasteiger partial charge in [-0.3, -0.25) is 9.78 Å². The van der Waals surface area contributed by atoms with Gasteiger partial charge in [-0.1, -0.05) is 11.6 Å². The summed E-state index contributed by atoms with van der Waals surface area (Å²) in [6, 6.07) is 8.28. The van der Waals surface area contributed by atoms with Crippen molar-refractivity contribution in [3.8, 4) is 16.9 Å². The molecule has 2 aliphatic heterocycles. The lowest BCUT2D eigenvalue weighted by molar-refractivity contribution is -0.139. The van der Waals surface area contributed by atoms with Gasteiger partial charge in [0.15, 0.2) is 6.10 Å². The van der Waals surface area contributed by atoms with Gasteiger partial charge in [0.05, 0.1) is 10.2 Å². The van der Waals surface area contributed by atoms with Crippen molar-refractivity contribution in [2.24, 2.45) is 0 Å². The van der Waals surface area contributed by atoms with Gasteiger partial charge in [0, 0.05) is 53.5 Å². The molecule has 1 amide bonds. The van der Waals surface area contributed by atoms with E-state index in [0.717, 1.165) is 58.6 Å². The van der Waals surface area contributed by atoms with Crippen molar-refractivity contribution in [3.05, 3.63) is 46.4 Å². The number of benzene rings is 1. The second-order valence-electron chi connectivity index (χ2n) is 8.29. The first kappa shape index (κ1) is 19.8. The molecule has 1 unspecified atom stereocenters. The van der Waals surface area contributed by atoms with Crippen LogP contribution in [0.3, 0.4) is 0 Å². The van der Waals surface area contributed by atoms with E-state index < -0.39 is 6.10 Å². The molecule has 0 spiro atoms. The van der Waals surface area contributed by atoms with Crippen molar-refractivity contribution in [1.29, 1.82) is 0 Å². The van der Waals surface area contributed by atoms with Gasteiger partial charge in [-0.2, -0.15) is 0 Å². The topological polar surface area (TPSA) is 45.7 Å². The molecule has 2 aliphatic rings. The number of likely N-dealkylation sites (tertiary alicyclic amines) is 1. The standard InChI is InChI=1S/C23H24ClN3O2S/c1-26(2)16-4-3-8-27(13-16)23(28)20-11-14-10-15(24)12-18(21(14)29-20)17-5-7-25-19-6-9-30-22(17)19/h5-7,9-10,12,16,20H,3-4,8,11,13H2,1-2H3/t16?,20-/m1/s1. The average molecular weight is 442 g/mol. The first-order valence-corrected chi connectivity index (χ1v) is 11.5. The number of ether oxygens (including phenoxy) is 1.